The molecule has 0 saturated carbocycles. The number of nitrogens with one attached hydrogen (secondary N) is 1. The molecule has 1 fully saturated rings. The molecule has 5 rings (SSSR count). The van der Waals surface area contributed by atoms with Gasteiger partial charge in [-0.05, 0) is 54.4 Å². The molecule has 0 aliphatic carbocycles. The van der Waals surface area contributed by atoms with Gasteiger partial charge in [-0.2, -0.15) is 0 Å². The van der Waals surface area contributed by atoms with Crippen LogP contribution in [-0.2, 0) is 4.74 Å². The highest BCUT2D eigenvalue weighted by Crippen LogP contribution is 2.32. The van der Waals surface area contributed by atoms with Gasteiger partial charge in [0.25, 0.3) is 5.91 Å². The number of aromatic nitrogens is 2. The van der Waals surface area contributed by atoms with Crippen LogP contribution < -0.4 is 9.62 Å². The summed E-state index contributed by atoms with van der Waals surface area (Å²) in [6.07, 6.45) is 1.76. The molecule has 1 aliphatic rings. The predicted octanol–water partition coefficient (Wildman–Crippen LogP) is 6.30. The summed E-state index contributed by atoms with van der Waals surface area (Å²) >= 11 is 14.4. The second-order valence-electron chi connectivity index (χ2n) is 7.32. The second-order valence-corrected chi connectivity index (χ2v) is 9.07. The molecule has 9 heteroatoms. The molecule has 0 atom stereocenters. The topological polar surface area (TPSA) is 67.4 Å². The predicted molar refractivity (Wildman–Crippen MR) is 135 cm³/mol. The Bertz CT molecular complexity index is 1350. The fourth-order valence-corrected chi connectivity index (χ4v) is 4.74. The highest BCUT2D eigenvalue weighted by atomic mass is 35.5. The van der Waals surface area contributed by atoms with Crippen LogP contribution in [0.15, 0.2) is 66.9 Å². The van der Waals surface area contributed by atoms with Crippen molar-refractivity contribution < 1.29 is 9.53 Å². The zero-order valence-corrected chi connectivity index (χ0v) is 19.6. The van der Waals surface area contributed by atoms with E-state index in [1.54, 1.807) is 48.5 Å². The molecule has 33 heavy (non-hydrogen) atoms. The van der Waals surface area contributed by atoms with E-state index < -0.39 is 0 Å². The van der Waals surface area contributed by atoms with Crippen molar-refractivity contribution >= 4 is 63.3 Å². The first-order valence-corrected chi connectivity index (χ1v) is 11.9. The molecular weight excluding hydrogens is 479 g/mol. The zero-order valence-electron chi connectivity index (χ0n) is 17.3. The lowest BCUT2D eigenvalue weighted by atomic mass is 10.1. The van der Waals surface area contributed by atoms with Gasteiger partial charge in [0.05, 0.1) is 34.3 Å². The molecular formula is C24H18Cl2N4O2S. The Morgan fingerprint density at radius 1 is 1.06 bits per heavy atom. The highest BCUT2D eigenvalue weighted by Gasteiger charge is 2.17. The van der Waals surface area contributed by atoms with E-state index in [2.05, 4.69) is 19.6 Å². The van der Waals surface area contributed by atoms with Crippen molar-refractivity contribution in [3.8, 4) is 11.4 Å². The Kier molecular flexibility index (Phi) is 6.37. The number of hydrogen-bond acceptors (Lipinski definition) is 6. The van der Waals surface area contributed by atoms with Crippen LogP contribution in [0.5, 0.6) is 0 Å². The van der Waals surface area contributed by atoms with Crippen molar-refractivity contribution in [3.05, 3.63) is 82.5 Å². The van der Waals surface area contributed by atoms with Crippen molar-refractivity contribution in [2.75, 3.05) is 28.7 Å². The number of carbonyl (C=O) groups excluding carboxylic acids is 1. The van der Waals surface area contributed by atoms with Gasteiger partial charge >= 0.3 is 0 Å². The van der Waals surface area contributed by atoms with Crippen LogP contribution in [-0.4, -0.2) is 35.0 Å². The van der Waals surface area contributed by atoms with Crippen molar-refractivity contribution in [2.24, 2.45) is 0 Å². The number of amides is 1. The van der Waals surface area contributed by atoms with E-state index in [9.17, 15) is 4.79 Å². The van der Waals surface area contributed by atoms with E-state index >= 15 is 0 Å². The van der Waals surface area contributed by atoms with Gasteiger partial charge in [0.2, 0.25) is 0 Å². The number of nitrogens with zero attached hydrogens (tertiary/aromatic N) is 3. The average Bonchev–Trinajstić information content (AvgIpc) is 2.85. The first kappa shape index (κ1) is 22.0. The van der Waals surface area contributed by atoms with Crippen molar-refractivity contribution in [1.29, 1.82) is 0 Å². The molecule has 1 amide bonds. The summed E-state index contributed by atoms with van der Waals surface area (Å²) < 4.78 is 7.46. The summed E-state index contributed by atoms with van der Waals surface area (Å²) in [6.45, 7) is 1.42. The van der Waals surface area contributed by atoms with Crippen LogP contribution in [0.2, 0.25) is 10.0 Å². The number of benzene rings is 3. The van der Waals surface area contributed by atoms with Gasteiger partial charge in [0, 0.05) is 28.5 Å². The molecule has 2 heterocycles. The number of para-hydroxylation sites is 1. The molecule has 1 aliphatic heterocycles. The summed E-state index contributed by atoms with van der Waals surface area (Å²) in [6, 6.07) is 18.3. The number of halogens is 2. The van der Waals surface area contributed by atoms with E-state index in [0.29, 0.717) is 45.2 Å². The minimum absolute atomic E-state index is 0.311. The first-order valence-electron chi connectivity index (χ1n) is 10.2. The SMILES string of the molecule is O=C(Nc1ccc(Cl)c(-c2ncc3ccccc3n2)c1)c1ccc(N2CCOCS2)cc1Cl. The molecule has 6 nitrogen and oxygen atoms in total. The number of rotatable bonds is 4. The number of ether oxygens (including phenoxy) is 1. The molecule has 1 saturated heterocycles. The van der Waals surface area contributed by atoms with Gasteiger partial charge < -0.3 is 14.4 Å². The molecule has 0 bridgehead atoms. The standard InChI is InChI=1S/C24H18Cl2N4O2S/c25-20-8-5-16(11-19(20)23-27-13-15-3-1-2-4-22(15)29-23)28-24(31)18-7-6-17(12-21(18)26)30-9-10-32-14-33-30/h1-8,11-13H,9-10,14H2,(H,28,31). The van der Waals surface area contributed by atoms with E-state index in [1.165, 1.54) is 0 Å². The maximum Gasteiger partial charge on any atom is 0.257 e. The Morgan fingerprint density at radius 2 is 1.94 bits per heavy atom. The summed E-state index contributed by atoms with van der Waals surface area (Å²) in [5, 5.41) is 4.71. The summed E-state index contributed by atoms with van der Waals surface area (Å²) in [5.41, 5.74) is 3.34. The van der Waals surface area contributed by atoms with Crippen LogP contribution >= 0.6 is 35.1 Å². The Balaban J connectivity index is 1.38. The third-order valence-electron chi connectivity index (χ3n) is 5.17. The van der Waals surface area contributed by atoms with E-state index in [0.717, 1.165) is 23.1 Å². The molecule has 0 unspecified atom stereocenters. The van der Waals surface area contributed by atoms with Gasteiger partial charge in [-0.1, -0.05) is 41.4 Å². The third-order valence-corrected chi connectivity index (χ3v) is 6.79. The van der Waals surface area contributed by atoms with Crippen molar-refractivity contribution in [2.45, 2.75) is 0 Å². The summed E-state index contributed by atoms with van der Waals surface area (Å²) in [7, 11) is 0. The third kappa shape index (κ3) is 4.77. The normalized spacial score (nSPS) is 13.8. The maximum atomic E-state index is 12.9. The van der Waals surface area contributed by atoms with Crippen LogP contribution in [0.1, 0.15) is 10.4 Å². The van der Waals surface area contributed by atoms with E-state index in [4.69, 9.17) is 27.9 Å². The lowest BCUT2D eigenvalue weighted by Crippen LogP contribution is -2.26. The smallest absolute Gasteiger partial charge is 0.257 e. The molecule has 0 radical (unpaired) electrons. The molecule has 1 N–H and O–H groups in total. The molecule has 3 aromatic carbocycles. The fourth-order valence-electron chi connectivity index (χ4n) is 3.49. The van der Waals surface area contributed by atoms with Gasteiger partial charge in [0.1, 0.15) is 5.94 Å². The van der Waals surface area contributed by atoms with E-state index in [-0.39, 0.29) is 5.91 Å². The minimum atomic E-state index is -0.311. The first-order chi connectivity index (χ1) is 16.1. The van der Waals surface area contributed by atoms with Crippen molar-refractivity contribution in [3.63, 3.8) is 0 Å². The van der Waals surface area contributed by atoms with Crippen LogP contribution in [0, 0.1) is 0 Å². The largest absolute Gasteiger partial charge is 0.367 e. The fraction of sp³-hybridized carbons (Fsp3) is 0.125. The van der Waals surface area contributed by atoms with E-state index in [1.807, 2.05) is 30.3 Å². The lowest BCUT2D eigenvalue weighted by Gasteiger charge is -2.27. The number of carbonyl (C=O) groups is 1. The van der Waals surface area contributed by atoms with Crippen LogP contribution in [0.4, 0.5) is 11.4 Å². The van der Waals surface area contributed by atoms with Gasteiger partial charge in [-0.15, -0.1) is 0 Å². The monoisotopic (exact) mass is 496 g/mol. The number of anilines is 2. The molecule has 0 spiro atoms. The summed E-state index contributed by atoms with van der Waals surface area (Å²) in [4.78, 5) is 22.0. The Morgan fingerprint density at radius 3 is 2.76 bits per heavy atom. The minimum Gasteiger partial charge on any atom is -0.367 e. The van der Waals surface area contributed by atoms with Crippen LogP contribution in [0.3, 0.4) is 0 Å². The summed E-state index contributed by atoms with van der Waals surface area (Å²) in [5.74, 6) is 0.772. The highest BCUT2D eigenvalue weighted by molar-refractivity contribution is 8.00. The number of hydrogen-bond donors (Lipinski definition) is 1. The maximum absolute atomic E-state index is 12.9. The van der Waals surface area contributed by atoms with Crippen LogP contribution in [0.25, 0.3) is 22.3 Å². The average molecular weight is 497 g/mol. The molecule has 166 valence electrons. The molecule has 1 aromatic heterocycles. The zero-order chi connectivity index (χ0) is 22.8. The van der Waals surface area contributed by atoms with Gasteiger partial charge in [-0.25, -0.2) is 9.97 Å². The second kappa shape index (κ2) is 9.57. The Hall–Kier alpha value is -2.84. The van der Waals surface area contributed by atoms with Gasteiger partial charge in [0.15, 0.2) is 5.82 Å². The lowest BCUT2D eigenvalue weighted by molar-refractivity contribution is 0.102. The number of fused-ring (bicyclic) bond motifs is 1. The quantitative estimate of drug-likeness (QED) is 0.334. The Labute approximate surface area is 205 Å². The van der Waals surface area contributed by atoms with Crippen molar-refractivity contribution in [1.82, 2.24) is 9.97 Å². The van der Waals surface area contributed by atoms with Gasteiger partial charge in [-0.3, -0.25) is 4.79 Å². The molecule has 4 aromatic rings.